The van der Waals surface area contributed by atoms with Crippen LogP contribution in [0.25, 0.3) is 54.1 Å². The zero-order chi connectivity index (χ0) is 16.4. The maximum absolute atomic E-state index is 3.73. The topological polar surface area (TPSA) is 15.8 Å². The molecule has 0 bridgehead atoms. The minimum atomic E-state index is 1.23. The van der Waals surface area contributed by atoms with Crippen molar-refractivity contribution in [1.29, 1.82) is 0 Å². The molecule has 0 aliphatic carbocycles. The number of benzene rings is 5. The Bertz CT molecular complexity index is 1440. The summed E-state index contributed by atoms with van der Waals surface area (Å²) >= 11 is 0. The van der Waals surface area contributed by atoms with E-state index in [4.69, 9.17) is 0 Å². The zero-order valence-corrected chi connectivity index (χ0v) is 13.6. The first-order valence-corrected chi connectivity index (χ1v) is 8.64. The van der Waals surface area contributed by atoms with Crippen LogP contribution < -0.4 is 0 Å². The van der Waals surface area contributed by atoms with Crippen molar-refractivity contribution in [1.82, 2.24) is 4.98 Å². The third-order valence-electron chi connectivity index (χ3n) is 5.40. The van der Waals surface area contributed by atoms with Gasteiger partial charge in [0.2, 0.25) is 0 Å². The summed E-state index contributed by atoms with van der Waals surface area (Å²) in [5.74, 6) is 0. The molecule has 0 atom stereocenters. The van der Waals surface area contributed by atoms with E-state index in [1.165, 1.54) is 54.1 Å². The highest BCUT2D eigenvalue weighted by molar-refractivity contribution is 6.24. The van der Waals surface area contributed by atoms with Crippen LogP contribution in [0.1, 0.15) is 0 Å². The Kier molecular flexibility index (Phi) is 2.40. The summed E-state index contributed by atoms with van der Waals surface area (Å²) < 4.78 is 0. The van der Waals surface area contributed by atoms with Crippen LogP contribution in [0.2, 0.25) is 0 Å². The Balaban J connectivity index is 1.86. The van der Waals surface area contributed by atoms with Crippen LogP contribution >= 0.6 is 0 Å². The summed E-state index contributed by atoms with van der Waals surface area (Å²) in [6, 6.07) is 30.6. The van der Waals surface area contributed by atoms with Crippen LogP contribution in [0, 0.1) is 0 Å². The number of H-pyrrole nitrogens is 1. The minimum absolute atomic E-state index is 1.23. The van der Waals surface area contributed by atoms with Crippen LogP contribution in [0.3, 0.4) is 0 Å². The lowest BCUT2D eigenvalue weighted by atomic mass is 9.99. The monoisotopic (exact) mass is 317 g/mol. The molecule has 1 heteroatoms. The van der Waals surface area contributed by atoms with Gasteiger partial charge in [0.25, 0.3) is 0 Å². The normalized spacial score (nSPS) is 12.0. The van der Waals surface area contributed by atoms with Gasteiger partial charge in [-0.2, -0.15) is 0 Å². The number of aromatic nitrogens is 1. The van der Waals surface area contributed by atoms with Gasteiger partial charge in [0.1, 0.15) is 0 Å². The van der Waals surface area contributed by atoms with E-state index in [9.17, 15) is 0 Å². The lowest BCUT2D eigenvalue weighted by Crippen LogP contribution is -1.79. The van der Waals surface area contributed by atoms with Gasteiger partial charge < -0.3 is 4.98 Å². The van der Waals surface area contributed by atoms with Crippen molar-refractivity contribution in [2.75, 3.05) is 0 Å². The largest absolute Gasteiger partial charge is 0.353 e. The molecule has 5 aromatic carbocycles. The first kappa shape index (κ1) is 13.0. The second-order valence-electron chi connectivity index (χ2n) is 6.70. The van der Waals surface area contributed by atoms with Crippen LogP contribution in [0.15, 0.2) is 84.9 Å². The molecule has 0 saturated carbocycles. The summed E-state index contributed by atoms with van der Waals surface area (Å²) in [6.07, 6.45) is 0. The zero-order valence-electron chi connectivity index (χ0n) is 13.6. The predicted octanol–water partition coefficient (Wildman–Crippen LogP) is 6.78. The van der Waals surface area contributed by atoms with E-state index >= 15 is 0 Å². The van der Waals surface area contributed by atoms with Gasteiger partial charge in [0, 0.05) is 21.5 Å². The number of nitrogens with one attached hydrogen (secondary N) is 1. The van der Waals surface area contributed by atoms with Crippen LogP contribution in [0.5, 0.6) is 0 Å². The highest BCUT2D eigenvalue weighted by Gasteiger charge is 2.11. The lowest BCUT2D eigenvalue weighted by molar-refractivity contribution is 1.58. The van der Waals surface area contributed by atoms with E-state index in [0.29, 0.717) is 0 Å². The SMILES string of the molecule is c1ccc2c(c1)ccc1c2ccc2c3ccc4ccccc4c3[nH]c12. The maximum atomic E-state index is 3.73. The molecule has 6 aromatic rings. The van der Waals surface area contributed by atoms with Gasteiger partial charge >= 0.3 is 0 Å². The molecular weight excluding hydrogens is 302 g/mol. The maximum Gasteiger partial charge on any atom is 0.0544 e. The number of aromatic amines is 1. The highest BCUT2D eigenvalue weighted by Crippen LogP contribution is 2.36. The summed E-state index contributed by atoms with van der Waals surface area (Å²) in [5, 5.41) is 10.3. The molecule has 1 aromatic heterocycles. The third-order valence-corrected chi connectivity index (χ3v) is 5.40. The molecule has 25 heavy (non-hydrogen) atoms. The molecule has 0 unspecified atom stereocenters. The first-order valence-electron chi connectivity index (χ1n) is 8.64. The number of hydrogen-bond donors (Lipinski definition) is 1. The molecule has 0 aliphatic heterocycles. The molecule has 0 spiro atoms. The Hall–Kier alpha value is -3.32. The Morgan fingerprint density at radius 3 is 1.60 bits per heavy atom. The molecule has 1 heterocycles. The van der Waals surface area contributed by atoms with Gasteiger partial charge in [0.15, 0.2) is 0 Å². The summed E-state index contributed by atoms with van der Waals surface area (Å²) in [6.45, 7) is 0. The first-order chi connectivity index (χ1) is 12.4. The molecule has 0 fully saturated rings. The van der Waals surface area contributed by atoms with Gasteiger partial charge in [-0.1, -0.05) is 84.9 Å². The summed E-state index contributed by atoms with van der Waals surface area (Å²) in [4.78, 5) is 3.73. The van der Waals surface area contributed by atoms with Gasteiger partial charge in [0.05, 0.1) is 11.0 Å². The average molecular weight is 317 g/mol. The van der Waals surface area contributed by atoms with Crippen LogP contribution in [0.4, 0.5) is 0 Å². The lowest BCUT2D eigenvalue weighted by Gasteiger charge is -2.05. The molecule has 0 saturated heterocycles. The van der Waals surface area contributed by atoms with E-state index in [0.717, 1.165) is 0 Å². The molecule has 6 rings (SSSR count). The number of rotatable bonds is 0. The van der Waals surface area contributed by atoms with Crippen molar-refractivity contribution in [2.45, 2.75) is 0 Å². The fourth-order valence-corrected chi connectivity index (χ4v) is 4.20. The minimum Gasteiger partial charge on any atom is -0.353 e. The smallest absolute Gasteiger partial charge is 0.0544 e. The molecule has 0 aliphatic rings. The van der Waals surface area contributed by atoms with Gasteiger partial charge in [-0.15, -0.1) is 0 Å². The fraction of sp³-hybridized carbons (Fsp3) is 0. The standard InChI is InChI=1S/C24H15N/c1-3-7-17-15(5-1)9-11-20-19(17)13-14-22-21-12-10-16-6-2-4-8-18(16)23(21)25-24(20)22/h1-14,25H. The predicted molar refractivity (Wildman–Crippen MR) is 108 cm³/mol. The molecule has 1 nitrogen and oxygen atoms in total. The molecule has 116 valence electrons. The Morgan fingerprint density at radius 1 is 0.360 bits per heavy atom. The van der Waals surface area contributed by atoms with Crippen LogP contribution in [-0.4, -0.2) is 4.98 Å². The van der Waals surface area contributed by atoms with Crippen molar-refractivity contribution >= 4 is 54.1 Å². The molecule has 0 amide bonds. The van der Waals surface area contributed by atoms with E-state index in [-0.39, 0.29) is 0 Å². The number of fused-ring (bicyclic) bond motifs is 9. The van der Waals surface area contributed by atoms with Crippen molar-refractivity contribution < 1.29 is 0 Å². The van der Waals surface area contributed by atoms with Crippen molar-refractivity contribution in [3.05, 3.63) is 84.9 Å². The summed E-state index contributed by atoms with van der Waals surface area (Å²) in [7, 11) is 0. The Morgan fingerprint density at radius 2 is 0.840 bits per heavy atom. The molecular formula is C24H15N. The second-order valence-corrected chi connectivity index (χ2v) is 6.70. The van der Waals surface area contributed by atoms with E-state index in [1.807, 2.05) is 0 Å². The highest BCUT2D eigenvalue weighted by atomic mass is 14.7. The van der Waals surface area contributed by atoms with Crippen molar-refractivity contribution in [3.8, 4) is 0 Å². The quantitative estimate of drug-likeness (QED) is 0.297. The average Bonchev–Trinajstić information content (AvgIpc) is 3.07. The second kappa shape index (κ2) is 4.61. The van der Waals surface area contributed by atoms with Crippen LogP contribution in [-0.2, 0) is 0 Å². The van der Waals surface area contributed by atoms with E-state index in [1.54, 1.807) is 0 Å². The molecule has 0 radical (unpaired) electrons. The van der Waals surface area contributed by atoms with Gasteiger partial charge in [-0.3, -0.25) is 0 Å². The Labute approximate surface area is 144 Å². The van der Waals surface area contributed by atoms with E-state index < -0.39 is 0 Å². The van der Waals surface area contributed by atoms with Gasteiger partial charge in [-0.05, 0) is 21.5 Å². The number of hydrogen-bond acceptors (Lipinski definition) is 0. The van der Waals surface area contributed by atoms with Crippen molar-refractivity contribution in [3.63, 3.8) is 0 Å². The third kappa shape index (κ3) is 1.67. The van der Waals surface area contributed by atoms with Gasteiger partial charge in [-0.25, -0.2) is 0 Å². The van der Waals surface area contributed by atoms with Crippen molar-refractivity contribution in [2.24, 2.45) is 0 Å². The summed E-state index contributed by atoms with van der Waals surface area (Å²) in [5.41, 5.74) is 2.46. The molecule has 1 N–H and O–H groups in total. The fourth-order valence-electron chi connectivity index (χ4n) is 4.20. The van der Waals surface area contributed by atoms with E-state index in [2.05, 4.69) is 89.9 Å².